The zero-order chi connectivity index (χ0) is 13.7. The summed E-state index contributed by atoms with van der Waals surface area (Å²) in [7, 11) is 0. The molecular weight excluding hydrogens is 238 g/mol. The van der Waals surface area contributed by atoms with Gasteiger partial charge in [0.25, 0.3) is 0 Å². The van der Waals surface area contributed by atoms with Crippen LogP contribution in [0, 0.1) is 6.92 Å². The average Bonchev–Trinajstić information content (AvgIpc) is 2.83. The van der Waals surface area contributed by atoms with E-state index >= 15 is 0 Å². The zero-order valence-corrected chi connectivity index (χ0v) is 12.0. The first-order valence-corrected chi connectivity index (χ1v) is 7.06. The lowest BCUT2D eigenvalue weighted by molar-refractivity contribution is 0.134. The highest BCUT2D eigenvalue weighted by Crippen LogP contribution is 2.27. The SMILES string of the molecule is CCNC(CCOCC)c1cc2cccc(C)c2o1. The van der Waals surface area contributed by atoms with Gasteiger partial charge in [-0.3, -0.25) is 0 Å². The number of aryl methyl sites for hydroxylation is 1. The molecule has 19 heavy (non-hydrogen) atoms. The predicted octanol–water partition coefficient (Wildman–Crippen LogP) is 3.82. The van der Waals surface area contributed by atoms with Gasteiger partial charge in [-0.25, -0.2) is 0 Å². The first kappa shape index (κ1) is 14.1. The highest BCUT2D eigenvalue weighted by atomic mass is 16.5. The van der Waals surface area contributed by atoms with Gasteiger partial charge in [-0.2, -0.15) is 0 Å². The fourth-order valence-corrected chi connectivity index (χ4v) is 2.34. The van der Waals surface area contributed by atoms with Gasteiger partial charge in [0.15, 0.2) is 0 Å². The molecule has 1 atom stereocenters. The summed E-state index contributed by atoms with van der Waals surface area (Å²) in [5, 5.41) is 4.64. The Balaban J connectivity index is 2.20. The third kappa shape index (κ3) is 3.37. The second-order valence-corrected chi connectivity index (χ2v) is 4.74. The van der Waals surface area contributed by atoms with E-state index in [4.69, 9.17) is 9.15 Å². The molecule has 3 heteroatoms. The third-order valence-electron chi connectivity index (χ3n) is 3.31. The van der Waals surface area contributed by atoms with E-state index in [1.165, 1.54) is 10.9 Å². The number of hydrogen-bond acceptors (Lipinski definition) is 3. The molecule has 1 unspecified atom stereocenters. The van der Waals surface area contributed by atoms with E-state index in [0.717, 1.165) is 37.5 Å². The molecule has 1 aromatic heterocycles. The van der Waals surface area contributed by atoms with Gasteiger partial charge in [0.1, 0.15) is 11.3 Å². The van der Waals surface area contributed by atoms with Crippen molar-refractivity contribution in [2.75, 3.05) is 19.8 Å². The summed E-state index contributed by atoms with van der Waals surface area (Å²) >= 11 is 0. The number of rotatable bonds is 7. The van der Waals surface area contributed by atoms with E-state index in [1.54, 1.807) is 0 Å². The maximum atomic E-state index is 6.03. The molecule has 0 amide bonds. The standard InChI is InChI=1S/C16H23NO2/c1-4-17-14(9-10-18-5-2)15-11-13-8-6-7-12(3)16(13)19-15/h6-8,11,14,17H,4-5,9-10H2,1-3H3. The minimum absolute atomic E-state index is 0.225. The number of benzene rings is 1. The van der Waals surface area contributed by atoms with Crippen molar-refractivity contribution in [1.82, 2.24) is 5.32 Å². The van der Waals surface area contributed by atoms with Gasteiger partial charge in [0, 0.05) is 18.6 Å². The van der Waals surface area contributed by atoms with Crippen molar-refractivity contribution in [3.8, 4) is 0 Å². The highest BCUT2D eigenvalue weighted by Gasteiger charge is 2.15. The predicted molar refractivity (Wildman–Crippen MR) is 78.5 cm³/mol. The Labute approximate surface area is 114 Å². The largest absolute Gasteiger partial charge is 0.459 e. The van der Waals surface area contributed by atoms with E-state index in [1.807, 2.05) is 6.92 Å². The van der Waals surface area contributed by atoms with Crippen LogP contribution in [0.15, 0.2) is 28.7 Å². The monoisotopic (exact) mass is 261 g/mol. The van der Waals surface area contributed by atoms with Crippen LogP contribution < -0.4 is 5.32 Å². The Kier molecular flexibility index (Phi) is 5.00. The van der Waals surface area contributed by atoms with E-state index in [2.05, 4.69) is 43.4 Å². The summed E-state index contributed by atoms with van der Waals surface area (Å²) in [6, 6.07) is 8.61. The summed E-state index contributed by atoms with van der Waals surface area (Å²) in [5.41, 5.74) is 2.18. The van der Waals surface area contributed by atoms with Crippen molar-refractivity contribution < 1.29 is 9.15 Å². The Morgan fingerprint density at radius 2 is 2.16 bits per heavy atom. The Bertz CT molecular complexity index is 518. The van der Waals surface area contributed by atoms with Crippen LogP contribution in [0.4, 0.5) is 0 Å². The van der Waals surface area contributed by atoms with E-state index in [9.17, 15) is 0 Å². The molecule has 1 N–H and O–H groups in total. The molecule has 1 heterocycles. The second-order valence-electron chi connectivity index (χ2n) is 4.74. The molecule has 1 aromatic carbocycles. The topological polar surface area (TPSA) is 34.4 Å². The molecule has 104 valence electrons. The van der Waals surface area contributed by atoms with Crippen LogP contribution in [0.25, 0.3) is 11.0 Å². The van der Waals surface area contributed by atoms with Gasteiger partial charge in [-0.1, -0.05) is 25.1 Å². The fraction of sp³-hybridized carbons (Fsp3) is 0.500. The molecule has 0 bridgehead atoms. The third-order valence-corrected chi connectivity index (χ3v) is 3.31. The number of furan rings is 1. The van der Waals surface area contributed by atoms with Crippen molar-refractivity contribution in [3.05, 3.63) is 35.6 Å². The van der Waals surface area contributed by atoms with Crippen molar-refractivity contribution in [2.45, 2.75) is 33.2 Å². The molecule has 0 aliphatic heterocycles. The summed E-state index contributed by atoms with van der Waals surface area (Å²) < 4.78 is 11.5. The van der Waals surface area contributed by atoms with Crippen LogP contribution >= 0.6 is 0 Å². The lowest BCUT2D eigenvalue weighted by atomic mass is 10.1. The first-order valence-electron chi connectivity index (χ1n) is 7.06. The van der Waals surface area contributed by atoms with Crippen LogP contribution in [-0.2, 0) is 4.74 Å². The number of nitrogens with one attached hydrogen (secondary N) is 1. The minimum Gasteiger partial charge on any atom is -0.459 e. The first-order chi connectivity index (χ1) is 9.26. The van der Waals surface area contributed by atoms with E-state index in [0.29, 0.717) is 0 Å². The van der Waals surface area contributed by atoms with Crippen LogP contribution in [-0.4, -0.2) is 19.8 Å². The molecule has 3 nitrogen and oxygen atoms in total. The lowest BCUT2D eigenvalue weighted by Gasteiger charge is -2.15. The van der Waals surface area contributed by atoms with E-state index in [-0.39, 0.29) is 6.04 Å². The Hall–Kier alpha value is -1.32. The molecule has 0 saturated carbocycles. The van der Waals surface area contributed by atoms with Gasteiger partial charge in [0.05, 0.1) is 6.04 Å². The second kappa shape index (κ2) is 6.73. The summed E-state index contributed by atoms with van der Waals surface area (Å²) in [5.74, 6) is 1.01. The number of fused-ring (bicyclic) bond motifs is 1. The van der Waals surface area contributed by atoms with Crippen molar-refractivity contribution in [2.24, 2.45) is 0 Å². The molecule has 0 aliphatic rings. The lowest BCUT2D eigenvalue weighted by Crippen LogP contribution is -2.21. The van der Waals surface area contributed by atoms with Crippen LogP contribution in [0.2, 0.25) is 0 Å². The van der Waals surface area contributed by atoms with Gasteiger partial charge >= 0.3 is 0 Å². The molecule has 0 aliphatic carbocycles. The number of para-hydroxylation sites is 1. The minimum atomic E-state index is 0.225. The highest BCUT2D eigenvalue weighted by molar-refractivity contribution is 5.80. The Morgan fingerprint density at radius 3 is 2.84 bits per heavy atom. The summed E-state index contributed by atoms with van der Waals surface area (Å²) in [6.45, 7) is 8.65. The average molecular weight is 261 g/mol. The van der Waals surface area contributed by atoms with Gasteiger partial charge < -0.3 is 14.5 Å². The van der Waals surface area contributed by atoms with Crippen molar-refractivity contribution in [3.63, 3.8) is 0 Å². The maximum Gasteiger partial charge on any atom is 0.137 e. The number of ether oxygens (including phenoxy) is 1. The van der Waals surface area contributed by atoms with Crippen LogP contribution in [0.3, 0.4) is 0 Å². The smallest absolute Gasteiger partial charge is 0.137 e. The zero-order valence-electron chi connectivity index (χ0n) is 12.0. The van der Waals surface area contributed by atoms with E-state index < -0.39 is 0 Å². The van der Waals surface area contributed by atoms with Gasteiger partial charge in [-0.15, -0.1) is 0 Å². The molecule has 0 radical (unpaired) electrons. The van der Waals surface area contributed by atoms with Gasteiger partial charge in [0.2, 0.25) is 0 Å². The molecule has 0 fully saturated rings. The summed E-state index contributed by atoms with van der Waals surface area (Å²) in [4.78, 5) is 0. The molecule has 0 spiro atoms. The molecule has 2 aromatic rings. The number of hydrogen-bond donors (Lipinski definition) is 1. The molecule has 0 saturated heterocycles. The van der Waals surface area contributed by atoms with Crippen LogP contribution in [0.1, 0.15) is 37.6 Å². The fourth-order valence-electron chi connectivity index (χ4n) is 2.34. The molecular formula is C16H23NO2. The van der Waals surface area contributed by atoms with Crippen molar-refractivity contribution in [1.29, 1.82) is 0 Å². The summed E-state index contributed by atoms with van der Waals surface area (Å²) in [6.07, 6.45) is 0.931. The van der Waals surface area contributed by atoms with Crippen LogP contribution in [0.5, 0.6) is 0 Å². The van der Waals surface area contributed by atoms with Crippen molar-refractivity contribution >= 4 is 11.0 Å². The van der Waals surface area contributed by atoms with Gasteiger partial charge in [-0.05, 0) is 38.4 Å². The maximum absolute atomic E-state index is 6.03. The molecule has 2 rings (SSSR count). The quantitative estimate of drug-likeness (QED) is 0.769. The normalized spacial score (nSPS) is 13.0. The Morgan fingerprint density at radius 1 is 1.32 bits per heavy atom.